The number of hydrogen-bond donors (Lipinski definition) is 2. The zero-order valence-corrected chi connectivity index (χ0v) is 18.9. The molecular formula is C23H36N6O. The number of nitrogens with zero attached hydrogens (tertiary/aromatic N) is 4. The SMILES string of the molecule is CCNC(=NCc1ccnc(N2CCCCCC2)c1)NCc1ncc(C(C)(C)C)o1. The van der Waals surface area contributed by atoms with Crippen molar-refractivity contribution >= 4 is 11.8 Å². The Balaban J connectivity index is 1.61. The summed E-state index contributed by atoms with van der Waals surface area (Å²) < 4.78 is 5.86. The highest BCUT2D eigenvalue weighted by atomic mass is 16.4. The van der Waals surface area contributed by atoms with Crippen molar-refractivity contribution in [3.05, 3.63) is 41.7 Å². The van der Waals surface area contributed by atoms with Gasteiger partial charge in [0.1, 0.15) is 11.6 Å². The minimum Gasteiger partial charge on any atom is -0.443 e. The van der Waals surface area contributed by atoms with Gasteiger partial charge in [-0.2, -0.15) is 0 Å². The average molecular weight is 413 g/mol. The summed E-state index contributed by atoms with van der Waals surface area (Å²) in [6.07, 6.45) is 8.83. The lowest BCUT2D eigenvalue weighted by molar-refractivity contribution is 0.379. The minimum absolute atomic E-state index is 0.0454. The van der Waals surface area contributed by atoms with E-state index in [1.807, 2.05) is 18.5 Å². The van der Waals surface area contributed by atoms with Gasteiger partial charge in [0.2, 0.25) is 5.89 Å². The van der Waals surface area contributed by atoms with E-state index in [0.717, 1.165) is 42.7 Å². The molecule has 1 fully saturated rings. The number of nitrogens with one attached hydrogen (secondary N) is 2. The zero-order valence-electron chi connectivity index (χ0n) is 18.9. The van der Waals surface area contributed by atoms with Crippen molar-refractivity contribution in [1.29, 1.82) is 0 Å². The van der Waals surface area contributed by atoms with E-state index in [0.29, 0.717) is 19.0 Å². The highest BCUT2D eigenvalue weighted by molar-refractivity contribution is 5.79. The van der Waals surface area contributed by atoms with Gasteiger partial charge in [0.25, 0.3) is 0 Å². The number of pyridine rings is 1. The van der Waals surface area contributed by atoms with E-state index in [-0.39, 0.29) is 5.41 Å². The van der Waals surface area contributed by atoms with E-state index < -0.39 is 0 Å². The average Bonchev–Trinajstić information content (AvgIpc) is 3.05. The molecule has 0 spiro atoms. The van der Waals surface area contributed by atoms with E-state index >= 15 is 0 Å². The maximum atomic E-state index is 5.86. The predicted octanol–water partition coefficient (Wildman–Crippen LogP) is 4.00. The van der Waals surface area contributed by atoms with E-state index in [1.165, 1.54) is 25.7 Å². The van der Waals surface area contributed by atoms with Crippen LogP contribution in [0.1, 0.15) is 70.6 Å². The van der Waals surface area contributed by atoms with E-state index in [1.54, 1.807) is 0 Å². The van der Waals surface area contributed by atoms with Crippen LogP contribution in [0.3, 0.4) is 0 Å². The monoisotopic (exact) mass is 412 g/mol. The second-order valence-corrected chi connectivity index (χ2v) is 8.84. The number of anilines is 1. The van der Waals surface area contributed by atoms with Crippen molar-refractivity contribution in [2.75, 3.05) is 24.5 Å². The van der Waals surface area contributed by atoms with Crippen LogP contribution in [-0.2, 0) is 18.5 Å². The van der Waals surface area contributed by atoms with Crippen molar-refractivity contribution in [3.8, 4) is 0 Å². The second kappa shape index (κ2) is 10.5. The van der Waals surface area contributed by atoms with Crippen LogP contribution >= 0.6 is 0 Å². The maximum Gasteiger partial charge on any atom is 0.213 e. The summed E-state index contributed by atoms with van der Waals surface area (Å²) in [5.74, 6) is 3.37. The summed E-state index contributed by atoms with van der Waals surface area (Å²) in [5, 5.41) is 6.60. The predicted molar refractivity (Wildman–Crippen MR) is 122 cm³/mol. The Bertz CT molecular complexity index is 815. The molecule has 0 unspecified atom stereocenters. The van der Waals surface area contributed by atoms with Crippen molar-refractivity contribution in [1.82, 2.24) is 20.6 Å². The molecule has 0 atom stereocenters. The highest BCUT2D eigenvalue weighted by Crippen LogP contribution is 2.22. The molecule has 30 heavy (non-hydrogen) atoms. The Morgan fingerprint density at radius 2 is 1.90 bits per heavy atom. The first kappa shape index (κ1) is 22.1. The fourth-order valence-electron chi connectivity index (χ4n) is 3.44. The molecule has 1 saturated heterocycles. The van der Waals surface area contributed by atoms with E-state index in [4.69, 9.17) is 9.41 Å². The van der Waals surface area contributed by atoms with Crippen LogP contribution in [-0.4, -0.2) is 35.6 Å². The van der Waals surface area contributed by atoms with Gasteiger partial charge in [0.05, 0.1) is 19.3 Å². The van der Waals surface area contributed by atoms with Crippen molar-refractivity contribution in [3.63, 3.8) is 0 Å². The Kier molecular flexibility index (Phi) is 7.71. The lowest BCUT2D eigenvalue weighted by Crippen LogP contribution is -2.36. The number of aliphatic imine (C=N–C) groups is 1. The smallest absolute Gasteiger partial charge is 0.213 e. The van der Waals surface area contributed by atoms with Gasteiger partial charge in [-0.05, 0) is 37.5 Å². The molecule has 7 nitrogen and oxygen atoms in total. The summed E-state index contributed by atoms with van der Waals surface area (Å²) in [4.78, 5) is 16.1. The Hall–Kier alpha value is -2.57. The summed E-state index contributed by atoms with van der Waals surface area (Å²) in [6.45, 7) is 12.5. The normalized spacial score (nSPS) is 15.7. The maximum absolute atomic E-state index is 5.86. The molecule has 0 radical (unpaired) electrons. The molecule has 164 valence electrons. The standard InChI is InChI=1S/C23H36N6O/c1-5-24-22(28-17-21-26-16-19(30-21)23(2,3)4)27-15-18-10-11-25-20(14-18)29-12-8-6-7-9-13-29/h10-11,14,16H,5-9,12-13,15,17H2,1-4H3,(H2,24,27,28). The Labute approximate surface area is 180 Å². The van der Waals surface area contributed by atoms with Gasteiger partial charge in [-0.25, -0.2) is 15.0 Å². The third-order valence-electron chi connectivity index (χ3n) is 5.20. The summed E-state index contributed by atoms with van der Waals surface area (Å²) in [6, 6.07) is 4.21. The van der Waals surface area contributed by atoms with Crippen molar-refractivity contribution < 1.29 is 4.42 Å². The number of aromatic nitrogens is 2. The van der Waals surface area contributed by atoms with E-state index in [2.05, 4.69) is 59.3 Å². The topological polar surface area (TPSA) is 78.6 Å². The van der Waals surface area contributed by atoms with Crippen LogP contribution in [0.15, 0.2) is 33.9 Å². The molecule has 1 aliphatic rings. The lowest BCUT2D eigenvalue weighted by atomic mass is 9.94. The molecule has 0 bridgehead atoms. The summed E-state index contributed by atoms with van der Waals surface area (Å²) in [7, 11) is 0. The van der Waals surface area contributed by atoms with Gasteiger partial charge in [-0.3, -0.25) is 0 Å². The van der Waals surface area contributed by atoms with Gasteiger partial charge >= 0.3 is 0 Å². The zero-order chi connectivity index (χ0) is 21.4. The molecule has 1 aliphatic heterocycles. The van der Waals surface area contributed by atoms with Gasteiger partial charge in [0, 0.05) is 31.2 Å². The van der Waals surface area contributed by atoms with Crippen LogP contribution in [0.5, 0.6) is 0 Å². The van der Waals surface area contributed by atoms with Gasteiger partial charge < -0.3 is 20.0 Å². The molecule has 2 aromatic heterocycles. The van der Waals surface area contributed by atoms with Crippen LogP contribution < -0.4 is 15.5 Å². The molecule has 2 aromatic rings. The first-order valence-corrected chi connectivity index (χ1v) is 11.1. The molecule has 0 aliphatic carbocycles. The Morgan fingerprint density at radius 3 is 2.57 bits per heavy atom. The number of rotatable bonds is 6. The molecule has 7 heteroatoms. The first-order valence-electron chi connectivity index (χ1n) is 11.1. The molecular weight excluding hydrogens is 376 g/mol. The summed E-state index contributed by atoms with van der Waals surface area (Å²) >= 11 is 0. The van der Waals surface area contributed by atoms with Gasteiger partial charge in [-0.1, -0.05) is 33.6 Å². The largest absolute Gasteiger partial charge is 0.443 e. The molecule has 0 saturated carbocycles. The fourth-order valence-corrected chi connectivity index (χ4v) is 3.44. The van der Waals surface area contributed by atoms with Crippen LogP contribution in [0.4, 0.5) is 5.82 Å². The Morgan fingerprint density at radius 1 is 1.13 bits per heavy atom. The third kappa shape index (κ3) is 6.47. The number of guanidine groups is 1. The quantitative estimate of drug-likeness (QED) is 0.551. The summed E-state index contributed by atoms with van der Waals surface area (Å²) in [5.41, 5.74) is 1.11. The molecule has 0 amide bonds. The number of oxazole rings is 1. The second-order valence-electron chi connectivity index (χ2n) is 8.84. The number of hydrogen-bond acceptors (Lipinski definition) is 5. The lowest BCUT2D eigenvalue weighted by Gasteiger charge is -2.21. The first-order chi connectivity index (χ1) is 14.5. The molecule has 0 aromatic carbocycles. The van der Waals surface area contributed by atoms with Crippen LogP contribution in [0, 0.1) is 0 Å². The van der Waals surface area contributed by atoms with E-state index in [9.17, 15) is 0 Å². The molecule has 2 N–H and O–H groups in total. The van der Waals surface area contributed by atoms with Crippen LogP contribution in [0.25, 0.3) is 0 Å². The third-order valence-corrected chi connectivity index (χ3v) is 5.20. The fraction of sp³-hybridized carbons (Fsp3) is 0.609. The van der Waals surface area contributed by atoms with Crippen molar-refractivity contribution in [2.45, 2.75) is 71.9 Å². The van der Waals surface area contributed by atoms with Gasteiger partial charge in [-0.15, -0.1) is 0 Å². The minimum atomic E-state index is -0.0454. The highest BCUT2D eigenvalue weighted by Gasteiger charge is 2.19. The van der Waals surface area contributed by atoms with Gasteiger partial charge in [0.15, 0.2) is 5.96 Å². The van der Waals surface area contributed by atoms with Crippen LogP contribution in [0.2, 0.25) is 0 Å². The van der Waals surface area contributed by atoms with Crippen molar-refractivity contribution in [2.24, 2.45) is 4.99 Å². The molecule has 3 heterocycles. The molecule has 3 rings (SSSR count).